The van der Waals surface area contributed by atoms with Gasteiger partial charge in [0.2, 0.25) is 0 Å². The third-order valence-electron chi connectivity index (χ3n) is 3.06. The summed E-state index contributed by atoms with van der Waals surface area (Å²) in [6.07, 6.45) is -1.11. The first kappa shape index (κ1) is 16.8. The van der Waals surface area contributed by atoms with Crippen molar-refractivity contribution in [1.82, 2.24) is 4.90 Å². The number of fused-ring (bicyclic) bond motifs is 1. The molecule has 1 saturated heterocycles. The van der Waals surface area contributed by atoms with Crippen molar-refractivity contribution in [1.29, 1.82) is 0 Å². The maximum atomic E-state index is 12.4. The van der Waals surface area contributed by atoms with Gasteiger partial charge in [-0.3, -0.25) is 14.5 Å². The van der Waals surface area contributed by atoms with Crippen LogP contribution in [0.3, 0.4) is 0 Å². The van der Waals surface area contributed by atoms with Crippen LogP contribution in [0.4, 0.5) is 0 Å². The van der Waals surface area contributed by atoms with Crippen LogP contribution in [0.25, 0.3) is 0 Å². The van der Waals surface area contributed by atoms with Gasteiger partial charge in [0.15, 0.2) is 6.10 Å². The first-order chi connectivity index (χ1) is 10.1. The van der Waals surface area contributed by atoms with E-state index >= 15 is 0 Å². The Morgan fingerprint density at radius 3 is 2.59 bits per heavy atom. The van der Waals surface area contributed by atoms with Crippen LogP contribution >= 0.6 is 11.8 Å². The minimum atomic E-state index is -1.11. The molecule has 0 radical (unpaired) electrons. The number of amides is 1. The Bertz CT molecular complexity index is 550. The van der Waals surface area contributed by atoms with Gasteiger partial charge in [0.25, 0.3) is 5.91 Å². The molecule has 0 spiro atoms. The van der Waals surface area contributed by atoms with Crippen LogP contribution in [-0.2, 0) is 23.9 Å². The zero-order chi connectivity index (χ0) is 16.7. The van der Waals surface area contributed by atoms with E-state index in [9.17, 15) is 19.5 Å². The largest absolute Gasteiger partial charge is 0.461 e. The Labute approximate surface area is 132 Å². The highest BCUT2D eigenvalue weighted by Crippen LogP contribution is 2.40. The lowest BCUT2D eigenvalue weighted by atomic mass is 10.1. The van der Waals surface area contributed by atoms with Gasteiger partial charge in [-0.2, -0.15) is 0 Å². The standard InChI is InChI=1S/C14H19NO6S/c1-7(16)20-5-8-6-22-12-10(17)11(18)15(12)9(8)13(19)21-14(2,3)4/h10,12,17H,5-6H2,1-4H3. The molecule has 22 heavy (non-hydrogen) atoms. The van der Waals surface area contributed by atoms with Crippen molar-refractivity contribution < 1.29 is 29.0 Å². The molecular weight excluding hydrogens is 310 g/mol. The lowest BCUT2D eigenvalue weighted by Gasteiger charge is -2.47. The fourth-order valence-corrected chi connectivity index (χ4v) is 3.39. The molecule has 0 aromatic rings. The second-order valence-corrected chi connectivity index (χ2v) is 7.19. The lowest BCUT2D eigenvalue weighted by molar-refractivity contribution is -0.164. The molecule has 2 heterocycles. The fourth-order valence-electron chi connectivity index (χ4n) is 2.14. The molecule has 0 aliphatic carbocycles. The number of hydrogen-bond donors (Lipinski definition) is 1. The fraction of sp³-hybridized carbons (Fsp3) is 0.643. The van der Waals surface area contributed by atoms with Crippen molar-refractivity contribution >= 4 is 29.6 Å². The molecule has 122 valence electrons. The molecule has 0 saturated carbocycles. The van der Waals surface area contributed by atoms with Gasteiger partial charge in [0.05, 0.1) is 0 Å². The first-order valence-electron chi connectivity index (χ1n) is 6.83. The molecule has 1 amide bonds. The monoisotopic (exact) mass is 329 g/mol. The number of ether oxygens (including phenoxy) is 2. The summed E-state index contributed by atoms with van der Waals surface area (Å²) < 4.78 is 10.3. The van der Waals surface area contributed by atoms with Crippen LogP contribution in [-0.4, -0.2) is 57.3 Å². The number of aliphatic hydroxyl groups is 1. The number of aliphatic hydroxyl groups excluding tert-OH is 1. The van der Waals surface area contributed by atoms with Crippen molar-refractivity contribution in [3.8, 4) is 0 Å². The predicted molar refractivity (Wildman–Crippen MR) is 78.6 cm³/mol. The molecular formula is C14H19NO6S. The molecule has 0 aromatic heterocycles. The molecule has 0 aromatic carbocycles. The van der Waals surface area contributed by atoms with Crippen LogP contribution < -0.4 is 0 Å². The Kier molecular flexibility index (Phi) is 4.53. The molecule has 7 nitrogen and oxygen atoms in total. The molecule has 2 rings (SSSR count). The van der Waals surface area contributed by atoms with Gasteiger partial charge in [-0.25, -0.2) is 4.79 Å². The summed E-state index contributed by atoms with van der Waals surface area (Å²) in [6, 6.07) is 0. The van der Waals surface area contributed by atoms with E-state index in [1.807, 2.05) is 0 Å². The second-order valence-electron chi connectivity index (χ2n) is 6.09. The van der Waals surface area contributed by atoms with Crippen LogP contribution in [0, 0.1) is 0 Å². The first-order valence-corrected chi connectivity index (χ1v) is 7.88. The summed E-state index contributed by atoms with van der Waals surface area (Å²) in [4.78, 5) is 36.5. The number of thioether (sulfide) groups is 1. The van der Waals surface area contributed by atoms with Gasteiger partial charge in [-0.15, -0.1) is 11.8 Å². The van der Waals surface area contributed by atoms with E-state index in [2.05, 4.69) is 0 Å². The van der Waals surface area contributed by atoms with E-state index < -0.39 is 34.9 Å². The summed E-state index contributed by atoms with van der Waals surface area (Å²) in [7, 11) is 0. The van der Waals surface area contributed by atoms with Gasteiger partial charge in [0.1, 0.15) is 23.3 Å². The average Bonchev–Trinajstić information content (AvgIpc) is 2.41. The maximum Gasteiger partial charge on any atom is 0.355 e. The Balaban J connectivity index is 2.30. The number of β-lactam (4-membered cyclic amide) rings is 1. The summed E-state index contributed by atoms with van der Waals surface area (Å²) in [5.74, 6) is -1.29. The highest BCUT2D eigenvalue weighted by molar-refractivity contribution is 8.00. The van der Waals surface area contributed by atoms with Gasteiger partial charge < -0.3 is 14.6 Å². The van der Waals surface area contributed by atoms with E-state index in [-0.39, 0.29) is 12.3 Å². The van der Waals surface area contributed by atoms with Crippen molar-refractivity contribution in [2.75, 3.05) is 12.4 Å². The number of hydrogen-bond acceptors (Lipinski definition) is 7. The summed E-state index contributed by atoms with van der Waals surface area (Å²) in [5.41, 5.74) is -0.135. The number of carbonyl (C=O) groups excluding carboxylic acids is 3. The van der Waals surface area contributed by atoms with Crippen LogP contribution in [0.1, 0.15) is 27.7 Å². The molecule has 1 fully saturated rings. The number of rotatable bonds is 3. The average molecular weight is 329 g/mol. The van der Waals surface area contributed by atoms with E-state index in [1.54, 1.807) is 20.8 Å². The highest BCUT2D eigenvalue weighted by atomic mass is 32.2. The maximum absolute atomic E-state index is 12.4. The molecule has 2 aliphatic rings. The summed E-state index contributed by atoms with van der Waals surface area (Å²) in [6.45, 7) is 6.35. The minimum Gasteiger partial charge on any atom is -0.461 e. The number of carbonyl (C=O) groups is 3. The Morgan fingerprint density at radius 2 is 2.05 bits per heavy atom. The predicted octanol–water partition coefficient (Wildman–Crippen LogP) is 0.421. The van der Waals surface area contributed by atoms with Crippen molar-refractivity contribution in [2.24, 2.45) is 0 Å². The zero-order valence-electron chi connectivity index (χ0n) is 12.9. The van der Waals surface area contributed by atoms with E-state index in [0.717, 1.165) is 0 Å². The third kappa shape index (κ3) is 3.27. The Morgan fingerprint density at radius 1 is 1.41 bits per heavy atom. The molecule has 2 atom stereocenters. The van der Waals surface area contributed by atoms with Gasteiger partial charge in [-0.05, 0) is 20.8 Å². The number of nitrogens with zero attached hydrogens (tertiary/aromatic N) is 1. The highest BCUT2D eigenvalue weighted by Gasteiger charge is 2.53. The van der Waals surface area contributed by atoms with Crippen LogP contribution in [0.15, 0.2) is 11.3 Å². The molecule has 0 bridgehead atoms. The van der Waals surface area contributed by atoms with Crippen LogP contribution in [0.2, 0.25) is 0 Å². The second kappa shape index (κ2) is 5.92. The van der Waals surface area contributed by atoms with Crippen LogP contribution in [0.5, 0.6) is 0 Å². The summed E-state index contributed by atoms with van der Waals surface area (Å²) in [5, 5.41) is 9.19. The van der Waals surface area contributed by atoms with Gasteiger partial charge in [-0.1, -0.05) is 0 Å². The summed E-state index contributed by atoms with van der Waals surface area (Å²) >= 11 is 1.32. The van der Waals surface area contributed by atoms with Gasteiger partial charge >= 0.3 is 11.9 Å². The topological polar surface area (TPSA) is 93.1 Å². The quantitative estimate of drug-likeness (QED) is 0.592. The zero-order valence-corrected chi connectivity index (χ0v) is 13.7. The SMILES string of the molecule is CC(=O)OCC1=C(C(=O)OC(C)(C)C)N2C(=O)C(O)C2SC1. The molecule has 1 N–H and O–H groups in total. The van der Waals surface area contributed by atoms with Gasteiger partial charge in [0, 0.05) is 18.2 Å². The van der Waals surface area contributed by atoms with E-state index in [4.69, 9.17) is 9.47 Å². The third-order valence-corrected chi connectivity index (χ3v) is 4.39. The molecule has 8 heteroatoms. The lowest BCUT2D eigenvalue weighted by Crippen LogP contribution is -2.65. The molecule has 2 unspecified atom stereocenters. The number of esters is 2. The minimum absolute atomic E-state index is 0.0789. The molecule has 2 aliphatic heterocycles. The van der Waals surface area contributed by atoms with Crippen molar-refractivity contribution in [3.05, 3.63) is 11.3 Å². The van der Waals surface area contributed by atoms with E-state index in [0.29, 0.717) is 11.3 Å². The normalized spacial score (nSPS) is 24.6. The van der Waals surface area contributed by atoms with E-state index in [1.165, 1.54) is 23.6 Å². The Hall–Kier alpha value is -1.54. The van der Waals surface area contributed by atoms with Crippen molar-refractivity contribution in [3.63, 3.8) is 0 Å². The smallest absolute Gasteiger partial charge is 0.355 e. The van der Waals surface area contributed by atoms with Crippen molar-refractivity contribution in [2.45, 2.75) is 44.8 Å².